The molecule has 218 valence electrons. The Morgan fingerprint density at radius 1 is 0.477 bits per heavy atom. The summed E-state index contributed by atoms with van der Waals surface area (Å²) in [6, 6.07) is 30.7. The zero-order valence-corrected chi connectivity index (χ0v) is 26.4. The second-order valence-corrected chi connectivity index (χ2v) is 13.8. The van der Waals surface area contributed by atoms with Gasteiger partial charge in [-0.15, -0.1) is 10.2 Å². The summed E-state index contributed by atoms with van der Waals surface area (Å²) in [6.07, 6.45) is 3.77. The molecule has 44 heavy (non-hydrogen) atoms. The Labute approximate surface area is 259 Å². The normalized spacial score (nSPS) is 12.5. The van der Waals surface area contributed by atoms with Crippen LogP contribution in [0.25, 0.3) is 67.4 Å². The predicted molar refractivity (Wildman–Crippen MR) is 188 cm³/mol. The number of rotatable bonds is 4. The monoisotopic (exact) mass is 574 g/mol. The average molecular weight is 575 g/mol. The third kappa shape index (κ3) is 4.36. The third-order valence-electron chi connectivity index (χ3n) is 8.88. The summed E-state index contributed by atoms with van der Waals surface area (Å²) < 4.78 is 4.44. The first-order chi connectivity index (χ1) is 21.0. The molecule has 0 aliphatic heterocycles. The van der Waals surface area contributed by atoms with Crippen LogP contribution < -0.4 is 0 Å². The van der Waals surface area contributed by atoms with Crippen molar-refractivity contribution in [1.82, 2.24) is 19.3 Å². The zero-order valence-electron chi connectivity index (χ0n) is 26.4. The molecule has 0 saturated heterocycles. The molecule has 0 N–H and O–H groups in total. The van der Waals surface area contributed by atoms with Gasteiger partial charge in [-0.1, -0.05) is 91.1 Å². The lowest BCUT2D eigenvalue weighted by atomic mass is 9.85. The van der Waals surface area contributed by atoms with Crippen LogP contribution in [0.4, 0.5) is 0 Å². The lowest BCUT2D eigenvalue weighted by Crippen LogP contribution is -2.10. The summed E-state index contributed by atoms with van der Waals surface area (Å²) in [5, 5.41) is 14.5. The molecule has 4 nitrogen and oxygen atoms in total. The highest BCUT2D eigenvalue weighted by molar-refractivity contribution is 6.11. The molecule has 0 spiro atoms. The molecule has 0 radical (unpaired) electrons. The van der Waals surface area contributed by atoms with Gasteiger partial charge in [0.05, 0.1) is 22.1 Å². The van der Waals surface area contributed by atoms with Crippen molar-refractivity contribution in [3.63, 3.8) is 0 Å². The molecule has 0 atom stereocenters. The smallest absolute Gasteiger partial charge is 0.160 e. The molecule has 0 aliphatic carbocycles. The minimum Gasteiger partial charge on any atom is -0.292 e. The van der Waals surface area contributed by atoms with Crippen LogP contribution in [-0.4, -0.2) is 19.3 Å². The van der Waals surface area contributed by atoms with Gasteiger partial charge in [0.2, 0.25) is 0 Å². The van der Waals surface area contributed by atoms with Crippen LogP contribution in [0.2, 0.25) is 0 Å². The van der Waals surface area contributed by atoms with Crippen molar-refractivity contribution in [3.8, 4) is 11.6 Å². The van der Waals surface area contributed by atoms with E-state index in [1.165, 1.54) is 21.9 Å². The van der Waals surface area contributed by atoms with Gasteiger partial charge >= 0.3 is 0 Å². The van der Waals surface area contributed by atoms with Crippen LogP contribution in [-0.2, 0) is 10.8 Å². The Hall–Kier alpha value is -4.96. The Morgan fingerprint density at radius 3 is 1.14 bits per heavy atom. The van der Waals surface area contributed by atoms with Crippen molar-refractivity contribution in [2.75, 3.05) is 0 Å². The number of aromatic nitrogens is 4. The minimum atomic E-state index is 0.0485. The maximum atomic E-state index is 4.86. The van der Waals surface area contributed by atoms with Crippen molar-refractivity contribution in [2.24, 2.45) is 0 Å². The number of benzene rings is 4. The second-order valence-electron chi connectivity index (χ2n) is 13.8. The van der Waals surface area contributed by atoms with E-state index < -0.39 is 0 Å². The van der Waals surface area contributed by atoms with E-state index in [2.05, 4.69) is 149 Å². The summed E-state index contributed by atoms with van der Waals surface area (Å²) in [5.41, 5.74) is 9.31. The zero-order chi connectivity index (χ0) is 31.0. The van der Waals surface area contributed by atoms with Crippen molar-refractivity contribution in [1.29, 1.82) is 0 Å². The van der Waals surface area contributed by atoms with Crippen LogP contribution in [0, 0.1) is 0 Å². The molecule has 4 aromatic carbocycles. The fraction of sp³-hybridized carbons (Fsp3) is 0.200. The van der Waals surface area contributed by atoms with E-state index in [-0.39, 0.29) is 10.8 Å². The number of hydrogen-bond acceptors (Lipinski definition) is 2. The van der Waals surface area contributed by atoms with Gasteiger partial charge < -0.3 is 0 Å². The van der Waals surface area contributed by atoms with Crippen LogP contribution in [0.1, 0.15) is 63.8 Å². The molecule has 3 aromatic heterocycles. The highest BCUT2D eigenvalue weighted by Gasteiger charge is 2.22. The molecular formula is C40H38N4. The summed E-state index contributed by atoms with van der Waals surface area (Å²) in [6.45, 7) is 21.6. The Kier molecular flexibility index (Phi) is 6.19. The highest BCUT2D eigenvalue weighted by atomic mass is 15.2. The molecule has 3 heterocycles. The average Bonchev–Trinajstić information content (AvgIpc) is 3.51. The Bertz CT molecular complexity index is 2130. The van der Waals surface area contributed by atoms with Gasteiger partial charge in [-0.25, -0.2) is 0 Å². The van der Waals surface area contributed by atoms with Gasteiger partial charge in [0, 0.05) is 21.5 Å². The van der Waals surface area contributed by atoms with E-state index in [4.69, 9.17) is 10.2 Å². The molecule has 0 bridgehead atoms. The molecule has 0 amide bonds. The minimum absolute atomic E-state index is 0.0485. The largest absolute Gasteiger partial charge is 0.292 e. The number of hydrogen-bond donors (Lipinski definition) is 0. The maximum absolute atomic E-state index is 4.86. The van der Waals surface area contributed by atoms with Crippen LogP contribution in [0.3, 0.4) is 0 Å². The van der Waals surface area contributed by atoms with E-state index in [1.54, 1.807) is 0 Å². The highest BCUT2D eigenvalue weighted by Crippen LogP contribution is 2.38. The van der Waals surface area contributed by atoms with Gasteiger partial charge in [-0.2, -0.15) is 0 Å². The van der Waals surface area contributed by atoms with Gasteiger partial charge in [0.1, 0.15) is 0 Å². The first-order valence-corrected chi connectivity index (χ1v) is 15.2. The van der Waals surface area contributed by atoms with Crippen LogP contribution in [0.15, 0.2) is 98.1 Å². The summed E-state index contributed by atoms with van der Waals surface area (Å²) >= 11 is 0. The van der Waals surface area contributed by atoms with Crippen molar-refractivity contribution < 1.29 is 0 Å². The molecule has 0 fully saturated rings. The third-order valence-corrected chi connectivity index (χ3v) is 8.88. The Balaban J connectivity index is 1.44. The van der Waals surface area contributed by atoms with Crippen LogP contribution >= 0.6 is 0 Å². The lowest BCUT2D eigenvalue weighted by molar-refractivity contribution is 0.590. The number of fused-ring (bicyclic) bond motifs is 6. The summed E-state index contributed by atoms with van der Waals surface area (Å²) in [5.74, 6) is 1.57. The molecular weight excluding hydrogens is 536 g/mol. The van der Waals surface area contributed by atoms with E-state index in [0.717, 1.165) is 55.6 Å². The summed E-state index contributed by atoms with van der Waals surface area (Å²) in [4.78, 5) is 0. The van der Waals surface area contributed by atoms with Gasteiger partial charge in [-0.05, 0) is 93.7 Å². The van der Waals surface area contributed by atoms with Crippen molar-refractivity contribution >= 4 is 55.8 Å². The van der Waals surface area contributed by atoms with Crippen LogP contribution in [0.5, 0.6) is 0 Å². The standard InChI is InChI=1S/C40H38N4/c1-9-25-11-15-33-29(21-25)30-22-26(10-2)12-16-34(30)43(33)37-19-20-38(42-41-37)44-35-17-13-27(39(3,4)5)23-31(35)32-24-28(40(6,7)8)14-18-36(32)44/h9-24H,1-2H2,3-8H3. The van der Waals surface area contributed by atoms with Gasteiger partial charge in [0.25, 0.3) is 0 Å². The van der Waals surface area contributed by atoms with Gasteiger partial charge in [0.15, 0.2) is 11.6 Å². The van der Waals surface area contributed by atoms with E-state index in [1.807, 2.05) is 12.2 Å². The first-order valence-electron chi connectivity index (χ1n) is 15.2. The van der Waals surface area contributed by atoms with E-state index in [9.17, 15) is 0 Å². The second kappa shape index (κ2) is 9.78. The predicted octanol–water partition coefficient (Wildman–Crippen LogP) is 10.6. The summed E-state index contributed by atoms with van der Waals surface area (Å²) in [7, 11) is 0. The van der Waals surface area contributed by atoms with Crippen molar-refractivity contribution in [2.45, 2.75) is 52.4 Å². The van der Waals surface area contributed by atoms with Crippen molar-refractivity contribution in [3.05, 3.63) is 120 Å². The topological polar surface area (TPSA) is 35.6 Å². The molecule has 7 aromatic rings. The quantitative estimate of drug-likeness (QED) is 0.210. The lowest BCUT2D eigenvalue weighted by Gasteiger charge is -2.19. The molecule has 0 aliphatic rings. The first kappa shape index (κ1) is 27.8. The van der Waals surface area contributed by atoms with E-state index in [0.29, 0.717) is 0 Å². The van der Waals surface area contributed by atoms with E-state index >= 15 is 0 Å². The molecule has 0 unspecified atom stereocenters. The molecule has 7 rings (SSSR count). The van der Waals surface area contributed by atoms with Gasteiger partial charge in [-0.3, -0.25) is 9.13 Å². The molecule has 4 heteroatoms. The Morgan fingerprint density at radius 2 is 0.818 bits per heavy atom. The number of nitrogens with zero attached hydrogens (tertiary/aromatic N) is 4. The fourth-order valence-electron chi connectivity index (χ4n) is 6.32. The fourth-order valence-corrected chi connectivity index (χ4v) is 6.32. The molecule has 0 saturated carbocycles. The SMILES string of the molecule is C=Cc1ccc2c(c1)c1cc(C=C)ccc1n2-c1ccc(-n2c3ccc(C(C)(C)C)cc3c3cc(C(C)(C)C)ccc32)nn1. The maximum Gasteiger partial charge on any atom is 0.160 e.